The number of benzene rings is 1. The van der Waals surface area contributed by atoms with Gasteiger partial charge in [-0.3, -0.25) is 9.59 Å². The molecular formula is C24H29N3O4S. The van der Waals surface area contributed by atoms with Crippen LogP contribution in [0.15, 0.2) is 36.2 Å². The predicted molar refractivity (Wildman–Crippen MR) is 132 cm³/mol. The maximum absolute atomic E-state index is 12.3. The molecule has 170 valence electrons. The van der Waals surface area contributed by atoms with Gasteiger partial charge in [0.25, 0.3) is 0 Å². The molecule has 0 amide bonds. The SMILES string of the molecule is C=CC(=O)c1scc(-c2ccc3c(c2)N(C)CCN3)c1NCCOCCO.CC#CC=O. The number of allylic oxidation sites excluding steroid dienone is 1. The Balaban J connectivity index is 0.000000654. The Hall–Kier alpha value is -3.12. The second-order valence-electron chi connectivity index (χ2n) is 6.78. The van der Waals surface area contributed by atoms with Crippen molar-refractivity contribution in [2.45, 2.75) is 6.92 Å². The Morgan fingerprint density at radius 1 is 1.44 bits per heavy atom. The molecule has 0 spiro atoms. The number of ether oxygens (including phenoxy) is 1. The summed E-state index contributed by atoms with van der Waals surface area (Å²) < 4.78 is 5.31. The molecule has 32 heavy (non-hydrogen) atoms. The number of anilines is 3. The summed E-state index contributed by atoms with van der Waals surface area (Å²) in [5.74, 6) is 4.48. The van der Waals surface area contributed by atoms with Crippen LogP contribution in [0.4, 0.5) is 17.1 Å². The summed E-state index contributed by atoms with van der Waals surface area (Å²) in [7, 11) is 2.08. The van der Waals surface area contributed by atoms with Crippen molar-refractivity contribution in [2.75, 3.05) is 62.0 Å². The van der Waals surface area contributed by atoms with Crippen LogP contribution in [0.25, 0.3) is 11.1 Å². The largest absolute Gasteiger partial charge is 0.394 e. The molecule has 7 nitrogen and oxygen atoms in total. The lowest BCUT2D eigenvalue weighted by atomic mass is 10.0. The fraction of sp³-hybridized carbons (Fsp3) is 0.333. The van der Waals surface area contributed by atoms with Gasteiger partial charge in [0.05, 0.1) is 41.8 Å². The lowest BCUT2D eigenvalue weighted by Gasteiger charge is -2.29. The molecule has 1 aromatic heterocycles. The fourth-order valence-corrected chi connectivity index (χ4v) is 4.13. The monoisotopic (exact) mass is 455 g/mol. The molecule has 0 fully saturated rings. The molecule has 0 atom stereocenters. The van der Waals surface area contributed by atoms with Gasteiger partial charge in [0.1, 0.15) is 0 Å². The van der Waals surface area contributed by atoms with Gasteiger partial charge in [-0.05, 0) is 36.6 Å². The molecule has 3 rings (SSSR count). The van der Waals surface area contributed by atoms with Crippen molar-refractivity contribution in [2.24, 2.45) is 0 Å². The average Bonchev–Trinajstić information content (AvgIpc) is 3.23. The van der Waals surface area contributed by atoms with E-state index in [1.807, 2.05) is 5.38 Å². The number of hydrogen-bond acceptors (Lipinski definition) is 8. The summed E-state index contributed by atoms with van der Waals surface area (Å²) in [4.78, 5) is 24.4. The zero-order chi connectivity index (χ0) is 23.3. The van der Waals surface area contributed by atoms with E-state index >= 15 is 0 Å². The molecule has 0 aliphatic carbocycles. The van der Waals surface area contributed by atoms with Gasteiger partial charge < -0.3 is 25.4 Å². The van der Waals surface area contributed by atoms with E-state index in [1.54, 1.807) is 6.92 Å². The van der Waals surface area contributed by atoms with Crippen LogP contribution in [0.5, 0.6) is 0 Å². The Morgan fingerprint density at radius 3 is 2.91 bits per heavy atom. The van der Waals surface area contributed by atoms with Crippen molar-refractivity contribution in [1.82, 2.24) is 0 Å². The van der Waals surface area contributed by atoms with E-state index in [2.05, 4.69) is 59.2 Å². The zero-order valence-corrected chi connectivity index (χ0v) is 19.3. The van der Waals surface area contributed by atoms with Crippen LogP contribution in [-0.4, -0.2) is 63.7 Å². The molecule has 0 unspecified atom stereocenters. The van der Waals surface area contributed by atoms with Gasteiger partial charge in [-0.25, -0.2) is 0 Å². The lowest BCUT2D eigenvalue weighted by Crippen LogP contribution is -2.30. The number of aliphatic hydroxyl groups excluding tert-OH is 1. The first kappa shape index (κ1) is 25.1. The second kappa shape index (κ2) is 13.3. The van der Waals surface area contributed by atoms with Crippen LogP contribution in [0, 0.1) is 11.8 Å². The summed E-state index contributed by atoms with van der Waals surface area (Å²) >= 11 is 1.42. The van der Waals surface area contributed by atoms with Crippen LogP contribution in [-0.2, 0) is 9.53 Å². The number of nitrogens with one attached hydrogen (secondary N) is 2. The highest BCUT2D eigenvalue weighted by molar-refractivity contribution is 7.13. The third-order valence-electron chi connectivity index (χ3n) is 4.67. The quantitative estimate of drug-likeness (QED) is 0.176. The van der Waals surface area contributed by atoms with Crippen molar-refractivity contribution in [3.8, 4) is 23.0 Å². The Labute approximate surface area is 193 Å². The molecule has 0 radical (unpaired) electrons. The summed E-state index contributed by atoms with van der Waals surface area (Å²) in [6.07, 6.45) is 1.91. The first-order valence-electron chi connectivity index (χ1n) is 10.2. The van der Waals surface area contributed by atoms with E-state index in [9.17, 15) is 9.59 Å². The van der Waals surface area contributed by atoms with Gasteiger partial charge in [0.2, 0.25) is 0 Å². The number of rotatable bonds is 9. The number of hydrogen-bond donors (Lipinski definition) is 3. The van der Waals surface area contributed by atoms with Gasteiger partial charge in [0, 0.05) is 37.6 Å². The van der Waals surface area contributed by atoms with Crippen molar-refractivity contribution in [1.29, 1.82) is 0 Å². The molecule has 0 saturated heterocycles. The molecule has 0 saturated carbocycles. The van der Waals surface area contributed by atoms with Crippen LogP contribution in [0.3, 0.4) is 0 Å². The Morgan fingerprint density at radius 2 is 2.25 bits per heavy atom. The van der Waals surface area contributed by atoms with Gasteiger partial charge >= 0.3 is 0 Å². The lowest BCUT2D eigenvalue weighted by molar-refractivity contribution is -0.103. The number of nitrogens with zero attached hydrogens (tertiary/aromatic N) is 1. The second-order valence-corrected chi connectivity index (χ2v) is 7.66. The van der Waals surface area contributed by atoms with E-state index in [0.29, 0.717) is 30.9 Å². The van der Waals surface area contributed by atoms with E-state index in [1.165, 1.54) is 17.4 Å². The van der Waals surface area contributed by atoms with Crippen molar-refractivity contribution >= 4 is 40.5 Å². The first-order valence-corrected chi connectivity index (χ1v) is 11.1. The van der Waals surface area contributed by atoms with E-state index in [-0.39, 0.29) is 12.4 Å². The Kier molecular flexibility index (Phi) is 10.5. The maximum atomic E-state index is 12.3. The molecular weight excluding hydrogens is 426 g/mol. The summed E-state index contributed by atoms with van der Waals surface area (Å²) in [5, 5.41) is 17.6. The molecule has 2 aromatic rings. The van der Waals surface area contributed by atoms with Crippen molar-refractivity contribution in [3.05, 3.63) is 41.1 Å². The number of thiophene rings is 1. The number of ketones is 1. The number of aliphatic hydroxyl groups is 1. The van der Waals surface area contributed by atoms with Gasteiger partial charge in [0.15, 0.2) is 12.1 Å². The number of carbonyl (C=O) groups is 2. The number of fused-ring (bicyclic) bond motifs is 1. The molecule has 1 aliphatic rings. The molecule has 1 aliphatic heterocycles. The highest BCUT2D eigenvalue weighted by atomic mass is 32.1. The van der Waals surface area contributed by atoms with Crippen LogP contribution in [0.2, 0.25) is 0 Å². The number of aldehydes is 1. The minimum atomic E-state index is -0.0956. The van der Waals surface area contributed by atoms with E-state index in [0.717, 1.165) is 41.3 Å². The highest BCUT2D eigenvalue weighted by Gasteiger charge is 2.19. The summed E-state index contributed by atoms with van der Waals surface area (Å²) in [5.41, 5.74) is 5.14. The topological polar surface area (TPSA) is 90.9 Å². The summed E-state index contributed by atoms with van der Waals surface area (Å²) in [6, 6.07) is 6.31. The molecule has 3 N–H and O–H groups in total. The van der Waals surface area contributed by atoms with Crippen LogP contribution in [0.1, 0.15) is 16.6 Å². The maximum Gasteiger partial charge on any atom is 0.197 e. The molecule has 8 heteroatoms. The average molecular weight is 456 g/mol. The third kappa shape index (κ3) is 6.69. The fourth-order valence-electron chi connectivity index (χ4n) is 3.14. The molecule has 2 heterocycles. The highest BCUT2D eigenvalue weighted by Crippen LogP contribution is 2.40. The van der Waals surface area contributed by atoms with Crippen molar-refractivity contribution < 1.29 is 19.4 Å². The minimum Gasteiger partial charge on any atom is -0.394 e. The Bertz CT molecular complexity index is 991. The van der Waals surface area contributed by atoms with Crippen LogP contribution < -0.4 is 15.5 Å². The minimum absolute atomic E-state index is 0.000575. The molecule has 0 bridgehead atoms. The standard InChI is InChI=1S/C20H25N3O3S.C4H4O/c1-3-18(25)20-19(22-7-10-26-11-9-24)15(13-27-20)14-4-5-16-17(12-14)23(2)8-6-21-16;1-2-3-4-5/h3-5,12-13,21-22,24H,1,6-11H2,2H3;4H,1H3. The predicted octanol–water partition coefficient (Wildman–Crippen LogP) is 3.27. The van der Waals surface area contributed by atoms with Gasteiger partial charge in [-0.15, -0.1) is 11.3 Å². The molecule has 1 aromatic carbocycles. The number of carbonyl (C=O) groups excluding carboxylic acids is 2. The third-order valence-corrected chi connectivity index (χ3v) is 5.66. The van der Waals surface area contributed by atoms with E-state index in [4.69, 9.17) is 9.84 Å². The van der Waals surface area contributed by atoms with Crippen molar-refractivity contribution in [3.63, 3.8) is 0 Å². The normalized spacial score (nSPS) is 11.7. The first-order chi connectivity index (χ1) is 15.6. The number of likely N-dealkylation sites (N-methyl/N-ethyl adjacent to an activating group) is 1. The zero-order valence-electron chi connectivity index (χ0n) is 18.4. The van der Waals surface area contributed by atoms with Gasteiger partial charge in [-0.1, -0.05) is 18.6 Å². The summed E-state index contributed by atoms with van der Waals surface area (Å²) in [6.45, 7) is 8.42. The smallest absolute Gasteiger partial charge is 0.197 e. The van der Waals surface area contributed by atoms with Crippen LogP contribution >= 0.6 is 11.3 Å². The van der Waals surface area contributed by atoms with E-state index < -0.39 is 0 Å². The van der Waals surface area contributed by atoms with Gasteiger partial charge in [-0.2, -0.15) is 0 Å².